The summed E-state index contributed by atoms with van der Waals surface area (Å²) in [4.78, 5) is 15.9. The van der Waals surface area contributed by atoms with E-state index in [-0.39, 0.29) is 17.9 Å². The third-order valence-corrected chi connectivity index (χ3v) is 10.9. The van der Waals surface area contributed by atoms with Gasteiger partial charge in [-0.2, -0.15) is 16.1 Å². The highest BCUT2D eigenvalue weighted by atomic mass is 32.2. The van der Waals surface area contributed by atoms with Gasteiger partial charge in [0.2, 0.25) is 5.91 Å². The van der Waals surface area contributed by atoms with Crippen LogP contribution < -0.4 is 5.32 Å². The Bertz CT molecular complexity index is 824. The molecule has 3 fully saturated rings. The van der Waals surface area contributed by atoms with Gasteiger partial charge in [0.1, 0.15) is 4.21 Å². The van der Waals surface area contributed by atoms with Gasteiger partial charge in [-0.05, 0) is 37.1 Å². The maximum Gasteiger partial charge on any atom is 0.252 e. The molecule has 1 atom stereocenters. The molecule has 0 saturated carbocycles. The predicted molar refractivity (Wildman–Crippen MR) is 121 cm³/mol. The highest BCUT2D eigenvalue weighted by Gasteiger charge is 2.40. The lowest BCUT2D eigenvalue weighted by molar-refractivity contribution is -0.121. The molecule has 7 nitrogen and oxygen atoms in total. The Morgan fingerprint density at radius 3 is 2.60 bits per heavy atom. The second-order valence-corrected chi connectivity index (χ2v) is 12.7. The van der Waals surface area contributed by atoms with Crippen molar-refractivity contribution in [3.8, 4) is 0 Å². The van der Waals surface area contributed by atoms with E-state index in [1.165, 1.54) is 11.3 Å². The Balaban J connectivity index is 1.34. The van der Waals surface area contributed by atoms with E-state index in [4.69, 9.17) is 4.74 Å². The van der Waals surface area contributed by atoms with E-state index >= 15 is 0 Å². The molecular formula is C20H31N3O4S3. The number of morpholine rings is 1. The Morgan fingerprint density at radius 2 is 1.90 bits per heavy atom. The molecule has 1 unspecified atom stereocenters. The minimum Gasteiger partial charge on any atom is -0.379 e. The summed E-state index contributed by atoms with van der Waals surface area (Å²) in [5, 5.41) is 3.13. The summed E-state index contributed by atoms with van der Waals surface area (Å²) in [6, 6.07) is 3.43. The molecule has 1 aromatic heterocycles. The van der Waals surface area contributed by atoms with Gasteiger partial charge in [0.25, 0.3) is 10.0 Å². The molecule has 4 rings (SSSR count). The number of thiophene rings is 1. The molecule has 3 saturated heterocycles. The highest BCUT2D eigenvalue weighted by molar-refractivity contribution is 7.99. The van der Waals surface area contributed by atoms with Crippen molar-refractivity contribution in [2.24, 2.45) is 0 Å². The molecular weight excluding hydrogens is 442 g/mol. The Kier molecular flexibility index (Phi) is 7.42. The average Bonchev–Trinajstić information content (AvgIpc) is 3.44. The second-order valence-electron chi connectivity index (χ2n) is 8.27. The van der Waals surface area contributed by atoms with Gasteiger partial charge in [-0.15, -0.1) is 11.3 Å². The number of sulfonamides is 1. The zero-order valence-electron chi connectivity index (χ0n) is 17.3. The summed E-state index contributed by atoms with van der Waals surface area (Å²) < 4.78 is 33.1. The normalized spacial score (nSPS) is 26.7. The van der Waals surface area contributed by atoms with Crippen LogP contribution in [-0.2, 0) is 26.0 Å². The maximum atomic E-state index is 12.8. The number of thioether (sulfide) groups is 1. The first-order valence-electron chi connectivity index (χ1n) is 10.8. The standard InChI is InChI=1S/C20H31N3O4S3/c24-18(21-15-20(6-13-28-16-20)22-9-11-27-12-10-22)14-17-4-5-19(29-17)30(25,26)23-7-2-1-3-8-23/h4-5H,1-3,6-16H2,(H,21,24). The van der Waals surface area contributed by atoms with Gasteiger partial charge >= 0.3 is 0 Å². The first-order chi connectivity index (χ1) is 14.5. The molecule has 168 valence electrons. The maximum absolute atomic E-state index is 12.8. The van der Waals surface area contributed by atoms with Gasteiger partial charge in [0.05, 0.1) is 19.6 Å². The van der Waals surface area contributed by atoms with E-state index in [1.54, 1.807) is 16.4 Å². The van der Waals surface area contributed by atoms with Crippen molar-refractivity contribution in [1.29, 1.82) is 0 Å². The van der Waals surface area contributed by atoms with Crippen LogP contribution in [-0.4, -0.2) is 86.5 Å². The summed E-state index contributed by atoms with van der Waals surface area (Å²) in [7, 11) is -3.43. The number of amides is 1. The molecule has 3 aliphatic rings. The number of ether oxygens (including phenoxy) is 1. The third-order valence-electron chi connectivity index (χ3n) is 6.26. The predicted octanol–water partition coefficient (Wildman–Crippen LogP) is 1.79. The fourth-order valence-corrected chi connectivity index (χ4v) is 8.95. The first kappa shape index (κ1) is 22.5. The third kappa shape index (κ3) is 5.05. The summed E-state index contributed by atoms with van der Waals surface area (Å²) in [6.45, 7) is 5.17. The molecule has 0 radical (unpaired) electrons. The fourth-order valence-electron chi connectivity index (χ4n) is 4.44. The van der Waals surface area contributed by atoms with Crippen LogP contribution >= 0.6 is 23.1 Å². The molecule has 0 aromatic carbocycles. The van der Waals surface area contributed by atoms with E-state index in [9.17, 15) is 13.2 Å². The summed E-state index contributed by atoms with van der Waals surface area (Å²) in [5.74, 6) is 2.11. The van der Waals surface area contributed by atoms with Crippen LogP contribution in [0.5, 0.6) is 0 Å². The molecule has 0 bridgehead atoms. The lowest BCUT2D eigenvalue weighted by Crippen LogP contribution is -2.59. The Labute approximate surface area is 187 Å². The average molecular weight is 474 g/mol. The quantitative estimate of drug-likeness (QED) is 0.651. The second kappa shape index (κ2) is 9.87. The number of nitrogens with one attached hydrogen (secondary N) is 1. The number of nitrogens with zero attached hydrogens (tertiary/aromatic N) is 2. The first-order valence-corrected chi connectivity index (χ1v) is 14.2. The Hall–Kier alpha value is -0.650. The van der Waals surface area contributed by atoms with Gasteiger partial charge in [-0.3, -0.25) is 9.69 Å². The largest absolute Gasteiger partial charge is 0.379 e. The molecule has 10 heteroatoms. The monoisotopic (exact) mass is 473 g/mol. The van der Waals surface area contributed by atoms with E-state index in [1.807, 2.05) is 11.8 Å². The van der Waals surface area contributed by atoms with Crippen LogP contribution in [0.15, 0.2) is 16.3 Å². The molecule has 0 spiro atoms. The van der Waals surface area contributed by atoms with Gasteiger partial charge in [0.15, 0.2) is 0 Å². The van der Waals surface area contributed by atoms with Gasteiger partial charge in [-0.1, -0.05) is 6.42 Å². The van der Waals surface area contributed by atoms with Crippen molar-refractivity contribution in [2.75, 3.05) is 57.4 Å². The smallest absolute Gasteiger partial charge is 0.252 e. The molecule has 1 aromatic rings. The SMILES string of the molecule is O=C(Cc1ccc(S(=O)(=O)N2CCCCC2)s1)NCC1(N2CCOCC2)CCSC1. The highest BCUT2D eigenvalue weighted by Crippen LogP contribution is 2.34. The van der Waals surface area contributed by atoms with Gasteiger partial charge in [0, 0.05) is 48.9 Å². The number of rotatable bonds is 7. The van der Waals surface area contributed by atoms with Crippen molar-refractivity contribution in [3.63, 3.8) is 0 Å². The lowest BCUT2D eigenvalue weighted by Gasteiger charge is -2.43. The van der Waals surface area contributed by atoms with Crippen molar-refractivity contribution in [2.45, 2.75) is 41.9 Å². The van der Waals surface area contributed by atoms with Crippen LogP contribution in [0.3, 0.4) is 0 Å². The van der Waals surface area contributed by atoms with Crippen LogP contribution in [0.2, 0.25) is 0 Å². The molecule has 30 heavy (non-hydrogen) atoms. The molecule has 3 aliphatic heterocycles. The lowest BCUT2D eigenvalue weighted by atomic mass is 9.95. The van der Waals surface area contributed by atoms with Crippen molar-refractivity contribution in [1.82, 2.24) is 14.5 Å². The van der Waals surface area contributed by atoms with Crippen molar-refractivity contribution >= 4 is 39.0 Å². The van der Waals surface area contributed by atoms with Gasteiger partial charge < -0.3 is 10.1 Å². The fraction of sp³-hybridized carbons (Fsp3) is 0.750. The van der Waals surface area contributed by atoms with Crippen LogP contribution in [0.4, 0.5) is 0 Å². The number of hydrogen-bond acceptors (Lipinski definition) is 7. The number of piperidine rings is 1. The van der Waals surface area contributed by atoms with Crippen LogP contribution in [0.25, 0.3) is 0 Å². The number of hydrogen-bond donors (Lipinski definition) is 1. The van der Waals surface area contributed by atoms with E-state index in [0.717, 1.165) is 68.4 Å². The van der Waals surface area contributed by atoms with Crippen LogP contribution in [0, 0.1) is 0 Å². The summed E-state index contributed by atoms with van der Waals surface area (Å²) in [5.41, 5.74) is 0.0162. The minimum atomic E-state index is -3.43. The molecule has 4 heterocycles. The van der Waals surface area contributed by atoms with Crippen molar-refractivity contribution in [3.05, 3.63) is 17.0 Å². The molecule has 0 aliphatic carbocycles. The Morgan fingerprint density at radius 1 is 1.13 bits per heavy atom. The van der Waals surface area contributed by atoms with Crippen LogP contribution in [0.1, 0.15) is 30.6 Å². The zero-order valence-corrected chi connectivity index (χ0v) is 19.8. The van der Waals surface area contributed by atoms with E-state index < -0.39 is 10.0 Å². The van der Waals surface area contributed by atoms with Gasteiger partial charge in [-0.25, -0.2) is 8.42 Å². The van der Waals surface area contributed by atoms with Crippen molar-refractivity contribution < 1.29 is 17.9 Å². The zero-order chi connectivity index (χ0) is 21.0. The summed E-state index contributed by atoms with van der Waals surface area (Å²) >= 11 is 3.17. The molecule has 1 amide bonds. The minimum absolute atomic E-state index is 0.0162. The van der Waals surface area contributed by atoms with E-state index in [0.29, 0.717) is 23.8 Å². The topological polar surface area (TPSA) is 79.0 Å². The van der Waals surface area contributed by atoms with E-state index in [2.05, 4.69) is 10.2 Å². The number of carbonyl (C=O) groups is 1. The molecule has 1 N–H and O–H groups in total. The summed E-state index contributed by atoms with van der Waals surface area (Å²) in [6.07, 6.45) is 4.24. The number of carbonyl (C=O) groups excluding carboxylic acids is 1.